The summed E-state index contributed by atoms with van der Waals surface area (Å²) in [6.07, 6.45) is 0. The van der Waals surface area contributed by atoms with E-state index in [1.54, 1.807) is 30.3 Å². The SMILES string of the molecule is O=C(OCc1cc(OCCO)ccc1[N+](=O)[O-])c1ccccc1. The van der Waals surface area contributed by atoms with E-state index in [0.717, 1.165) is 0 Å². The number of ether oxygens (including phenoxy) is 2. The Balaban J connectivity index is 2.13. The van der Waals surface area contributed by atoms with Crippen LogP contribution in [0.25, 0.3) is 0 Å². The lowest BCUT2D eigenvalue weighted by Crippen LogP contribution is -2.07. The predicted octanol–water partition coefficient (Wildman–Crippen LogP) is 2.32. The van der Waals surface area contributed by atoms with Gasteiger partial charge in [0.1, 0.15) is 19.0 Å². The van der Waals surface area contributed by atoms with Gasteiger partial charge < -0.3 is 14.6 Å². The first kappa shape index (κ1) is 16.4. The molecule has 7 heteroatoms. The molecular weight excluding hydrogens is 302 g/mol. The van der Waals surface area contributed by atoms with E-state index in [0.29, 0.717) is 11.3 Å². The van der Waals surface area contributed by atoms with Crippen LogP contribution in [0.3, 0.4) is 0 Å². The second kappa shape index (κ2) is 7.90. The van der Waals surface area contributed by atoms with Crippen molar-refractivity contribution in [1.82, 2.24) is 0 Å². The first-order chi connectivity index (χ1) is 11.1. The van der Waals surface area contributed by atoms with E-state index in [-0.39, 0.29) is 31.1 Å². The van der Waals surface area contributed by atoms with E-state index in [4.69, 9.17) is 14.6 Å². The van der Waals surface area contributed by atoms with Gasteiger partial charge in [-0.3, -0.25) is 10.1 Å². The summed E-state index contributed by atoms with van der Waals surface area (Å²) in [5.41, 5.74) is 0.416. The van der Waals surface area contributed by atoms with Gasteiger partial charge in [0, 0.05) is 6.07 Å². The molecule has 0 aliphatic rings. The highest BCUT2D eigenvalue weighted by Gasteiger charge is 2.17. The van der Waals surface area contributed by atoms with Gasteiger partial charge in [0.25, 0.3) is 5.69 Å². The van der Waals surface area contributed by atoms with Gasteiger partial charge in [-0.15, -0.1) is 0 Å². The molecule has 0 radical (unpaired) electrons. The van der Waals surface area contributed by atoms with Crippen molar-refractivity contribution < 1.29 is 24.3 Å². The molecular formula is C16H15NO6. The number of carbonyl (C=O) groups is 1. The number of carbonyl (C=O) groups excluding carboxylic acids is 1. The number of nitro groups is 1. The minimum absolute atomic E-state index is 0.0705. The predicted molar refractivity (Wildman–Crippen MR) is 81.2 cm³/mol. The number of hydrogen-bond donors (Lipinski definition) is 1. The molecule has 0 aliphatic heterocycles. The quantitative estimate of drug-likeness (QED) is 0.478. The van der Waals surface area contributed by atoms with Crippen molar-refractivity contribution in [3.05, 3.63) is 69.8 Å². The van der Waals surface area contributed by atoms with Crippen molar-refractivity contribution in [1.29, 1.82) is 0 Å². The van der Waals surface area contributed by atoms with Crippen LogP contribution in [0.5, 0.6) is 5.75 Å². The van der Waals surface area contributed by atoms with Crippen LogP contribution in [0.15, 0.2) is 48.5 Å². The van der Waals surface area contributed by atoms with E-state index in [1.165, 1.54) is 18.2 Å². The number of benzene rings is 2. The highest BCUT2D eigenvalue weighted by Crippen LogP contribution is 2.25. The first-order valence-electron chi connectivity index (χ1n) is 6.85. The Bertz CT molecular complexity index is 686. The van der Waals surface area contributed by atoms with Crippen molar-refractivity contribution in [3.8, 4) is 5.75 Å². The molecule has 2 aromatic carbocycles. The number of hydrogen-bond acceptors (Lipinski definition) is 6. The monoisotopic (exact) mass is 317 g/mol. The van der Waals surface area contributed by atoms with Crippen molar-refractivity contribution in [2.45, 2.75) is 6.61 Å². The Morgan fingerprint density at radius 1 is 1.17 bits per heavy atom. The average Bonchev–Trinajstić information content (AvgIpc) is 2.58. The summed E-state index contributed by atoms with van der Waals surface area (Å²) < 4.78 is 10.3. The van der Waals surface area contributed by atoms with E-state index in [9.17, 15) is 14.9 Å². The molecule has 0 aliphatic carbocycles. The second-order valence-corrected chi connectivity index (χ2v) is 4.56. The standard InChI is InChI=1S/C16H15NO6/c18-8-9-22-14-6-7-15(17(20)21)13(10-14)11-23-16(19)12-4-2-1-3-5-12/h1-7,10,18H,8-9,11H2. The topological polar surface area (TPSA) is 98.9 Å². The van der Waals surface area contributed by atoms with Crippen molar-refractivity contribution in [3.63, 3.8) is 0 Å². The Labute approximate surface area is 132 Å². The number of rotatable bonds is 7. The van der Waals surface area contributed by atoms with Crippen LogP contribution in [-0.2, 0) is 11.3 Å². The van der Waals surface area contributed by atoms with Gasteiger partial charge in [-0.2, -0.15) is 0 Å². The number of aliphatic hydroxyl groups excluding tert-OH is 1. The molecule has 0 aromatic heterocycles. The molecule has 2 rings (SSSR count). The maximum atomic E-state index is 11.9. The number of esters is 1. The van der Waals surface area contributed by atoms with Gasteiger partial charge in [-0.1, -0.05) is 18.2 Å². The molecule has 23 heavy (non-hydrogen) atoms. The molecule has 0 saturated heterocycles. The largest absolute Gasteiger partial charge is 0.491 e. The van der Waals surface area contributed by atoms with Crippen LogP contribution in [0, 0.1) is 10.1 Å². The third kappa shape index (κ3) is 4.52. The lowest BCUT2D eigenvalue weighted by Gasteiger charge is -2.09. The third-order valence-electron chi connectivity index (χ3n) is 2.98. The minimum Gasteiger partial charge on any atom is -0.491 e. The summed E-state index contributed by atoms with van der Waals surface area (Å²) in [6.45, 7) is -0.350. The third-order valence-corrected chi connectivity index (χ3v) is 2.98. The average molecular weight is 317 g/mol. The fourth-order valence-electron chi connectivity index (χ4n) is 1.91. The molecule has 0 bridgehead atoms. The summed E-state index contributed by atoms with van der Waals surface area (Å²) in [5.74, 6) is -0.211. The van der Waals surface area contributed by atoms with E-state index < -0.39 is 10.9 Å². The molecule has 120 valence electrons. The molecule has 0 spiro atoms. The van der Waals surface area contributed by atoms with Gasteiger partial charge in [0.05, 0.1) is 22.7 Å². The Morgan fingerprint density at radius 3 is 2.57 bits per heavy atom. The van der Waals surface area contributed by atoms with Crippen LogP contribution in [0.4, 0.5) is 5.69 Å². The highest BCUT2D eigenvalue weighted by atomic mass is 16.6. The number of aliphatic hydroxyl groups is 1. The smallest absolute Gasteiger partial charge is 0.338 e. The normalized spacial score (nSPS) is 10.1. The van der Waals surface area contributed by atoms with Gasteiger partial charge >= 0.3 is 5.97 Å². The first-order valence-corrected chi connectivity index (χ1v) is 6.85. The molecule has 7 nitrogen and oxygen atoms in total. The lowest BCUT2D eigenvalue weighted by molar-refractivity contribution is -0.385. The van der Waals surface area contributed by atoms with Gasteiger partial charge in [-0.25, -0.2) is 4.79 Å². The maximum absolute atomic E-state index is 11.9. The van der Waals surface area contributed by atoms with Crippen LogP contribution in [0.2, 0.25) is 0 Å². The molecule has 0 saturated carbocycles. The van der Waals surface area contributed by atoms with E-state index in [1.807, 2.05) is 0 Å². The molecule has 2 aromatic rings. The highest BCUT2D eigenvalue weighted by molar-refractivity contribution is 5.89. The zero-order chi connectivity index (χ0) is 16.7. The number of nitro benzene ring substituents is 1. The number of nitrogens with zero attached hydrogens (tertiary/aromatic N) is 1. The second-order valence-electron chi connectivity index (χ2n) is 4.56. The van der Waals surface area contributed by atoms with E-state index in [2.05, 4.69) is 0 Å². The summed E-state index contributed by atoms with van der Waals surface area (Å²) in [5, 5.41) is 19.8. The minimum atomic E-state index is -0.568. The zero-order valence-corrected chi connectivity index (χ0v) is 12.2. The summed E-state index contributed by atoms with van der Waals surface area (Å²) in [7, 11) is 0. The van der Waals surface area contributed by atoms with Crippen molar-refractivity contribution in [2.24, 2.45) is 0 Å². The maximum Gasteiger partial charge on any atom is 0.338 e. The fraction of sp³-hybridized carbons (Fsp3) is 0.188. The molecule has 0 unspecified atom stereocenters. The van der Waals surface area contributed by atoms with Crippen LogP contribution < -0.4 is 4.74 Å². The summed E-state index contributed by atoms with van der Waals surface area (Å²) >= 11 is 0. The van der Waals surface area contributed by atoms with Crippen LogP contribution in [-0.4, -0.2) is 29.2 Å². The molecule has 1 N–H and O–H groups in total. The zero-order valence-electron chi connectivity index (χ0n) is 12.2. The van der Waals surface area contributed by atoms with Crippen molar-refractivity contribution >= 4 is 11.7 Å². The van der Waals surface area contributed by atoms with Crippen molar-refractivity contribution in [2.75, 3.05) is 13.2 Å². The molecule has 0 fully saturated rings. The fourth-order valence-corrected chi connectivity index (χ4v) is 1.91. The lowest BCUT2D eigenvalue weighted by atomic mass is 10.2. The molecule has 0 atom stereocenters. The summed E-state index contributed by atoms with van der Waals surface area (Å²) in [4.78, 5) is 22.4. The van der Waals surface area contributed by atoms with E-state index >= 15 is 0 Å². The van der Waals surface area contributed by atoms with Gasteiger partial charge in [-0.05, 0) is 24.3 Å². The van der Waals surface area contributed by atoms with Crippen LogP contribution >= 0.6 is 0 Å². The van der Waals surface area contributed by atoms with Gasteiger partial charge in [0.2, 0.25) is 0 Å². The van der Waals surface area contributed by atoms with Crippen LogP contribution in [0.1, 0.15) is 15.9 Å². The molecule has 0 amide bonds. The Morgan fingerprint density at radius 2 is 1.91 bits per heavy atom. The van der Waals surface area contributed by atoms with Gasteiger partial charge in [0.15, 0.2) is 0 Å². The molecule has 0 heterocycles. The Hall–Kier alpha value is -2.93. The summed E-state index contributed by atoms with van der Waals surface area (Å²) in [6, 6.07) is 12.5. The Kier molecular flexibility index (Phi) is 5.65.